The van der Waals surface area contributed by atoms with Gasteiger partial charge in [0.05, 0.1) is 24.3 Å². The number of hydrogen-bond acceptors (Lipinski definition) is 3. The average Bonchev–Trinajstić information content (AvgIpc) is 3.35. The predicted molar refractivity (Wildman–Crippen MR) is 124 cm³/mol. The smallest absolute Gasteiger partial charge is 0.416 e. The highest BCUT2D eigenvalue weighted by Crippen LogP contribution is 2.41. The van der Waals surface area contributed by atoms with Gasteiger partial charge in [0.25, 0.3) is 0 Å². The quantitative estimate of drug-likeness (QED) is 0.392. The summed E-state index contributed by atoms with van der Waals surface area (Å²) in [6.07, 6.45) is -0.687. The molecule has 1 aliphatic carbocycles. The van der Waals surface area contributed by atoms with Gasteiger partial charge in [0.2, 0.25) is 5.91 Å². The number of para-hydroxylation sites is 2. The highest BCUT2D eigenvalue weighted by molar-refractivity contribution is 5.97. The molecule has 0 radical (unpaired) electrons. The first-order valence-electron chi connectivity index (χ1n) is 11.2. The summed E-state index contributed by atoms with van der Waals surface area (Å²) in [5.41, 5.74) is -0.0527. The van der Waals surface area contributed by atoms with Crippen molar-refractivity contribution in [2.24, 2.45) is 5.92 Å². The molecule has 0 spiro atoms. The van der Waals surface area contributed by atoms with Crippen LogP contribution in [-0.2, 0) is 11.0 Å². The molecule has 0 heterocycles. The van der Waals surface area contributed by atoms with Crippen LogP contribution in [0.25, 0.3) is 0 Å². The summed E-state index contributed by atoms with van der Waals surface area (Å²) in [5, 5.41) is 2.75. The van der Waals surface area contributed by atoms with Crippen LogP contribution in [0.3, 0.4) is 0 Å². The van der Waals surface area contributed by atoms with E-state index in [0.717, 1.165) is 43.4 Å². The first-order valence-corrected chi connectivity index (χ1v) is 11.2. The van der Waals surface area contributed by atoms with E-state index in [2.05, 4.69) is 5.32 Å². The fourth-order valence-corrected chi connectivity index (χ4v) is 4.51. The van der Waals surface area contributed by atoms with Crippen molar-refractivity contribution in [3.05, 3.63) is 83.9 Å². The summed E-state index contributed by atoms with van der Waals surface area (Å²) < 4.78 is 51.6. The van der Waals surface area contributed by atoms with Crippen LogP contribution in [0.2, 0.25) is 0 Å². The van der Waals surface area contributed by atoms with Gasteiger partial charge in [0.15, 0.2) is 17.2 Å². The Morgan fingerprint density at radius 2 is 1.56 bits per heavy atom. The van der Waals surface area contributed by atoms with E-state index in [0.29, 0.717) is 11.5 Å². The van der Waals surface area contributed by atoms with Crippen molar-refractivity contribution in [1.29, 1.82) is 0 Å². The maximum atomic E-state index is 13.5. The number of halogens is 3. The van der Waals surface area contributed by atoms with Crippen molar-refractivity contribution in [3.8, 4) is 17.2 Å². The van der Waals surface area contributed by atoms with Crippen molar-refractivity contribution in [3.63, 3.8) is 0 Å². The fraction of sp³-hybridized carbons (Fsp3) is 0.296. The molecule has 4 rings (SSSR count). The largest absolute Gasteiger partial charge is 0.493 e. The minimum absolute atomic E-state index is 0.0374. The molecule has 0 aromatic heterocycles. The summed E-state index contributed by atoms with van der Waals surface area (Å²) in [5.74, 6) is 0.180. The first-order chi connectivity index (χ1) is 16.4. The molecule has 0 saturated heterocycles. The molecule has 3 aromatic rings. The van der Waals surface area contributed by atoms with Gasteiger partial charge in [-0.3, -0.25) is 4.79 Å². The molecule has 1 fully saturated rings. The number of benzene rings is 3. The van der Waals surface area contributed by atoms with Crippen LogP contribution in [0.15, 0.2) is 72.8 Å². The number of rotatable bonds is 7. The molecule has 1 saturated carbocycles. The van der Waals surface area contributed by atoms with Gasteiger partial charge < -0.3 is 14.8 Å². The van der Waals surface area contributed by atoms with E-state index in [1.807, 2.05) is 30.3 Å². The van der Waals surface area contributed by atoms with E-state index in [4.69, 9.17) is 9.47 Å². The zero-order valence-corrected chi connectivity index (χ0v) is 18.8. The zero-order chi connectivity index (χ0) is 24.1. The summed E-state index contributed by atoms with van der Waals surface area (Å²) in [6, 6.07) is 19.3. The number of carbonyl (C=O) groups is 1. The first kappa shape index (κ1) is 23.7. The van der Waals surface area contributed by atoms with Crippen LogP contribution in [0.5, 0.6) is 17.2 Å². The monoisotopic (exact) mass is 469 g/mol. The molecule has 1 atom stereocenters. The molecule has 3 aromatic carbocycles. The minimum atomic E-state index is -4.56. The van der Waals surface area contributed by atoms with E-state index < -0.39 is 17.7 Å². The second kappa shape index (κ2) is 10.2. The van der Waals surface area contributed by atoms with Crippen LogP contribution < -0.4 is 14.8 Å². The molecule has 34 heavy (non-hydrogen) atoms. The Morgan fingerprint density at radius 1 is 0.912 bits per heavy atom. The van der Waals surface area contributed by atoms with Crippen LogP contribution in [-0.4, -0.2) is 13.0 Å². The highest BCUT2D eigenvalue weighted by atomic mass is 19.4. The third-order valence-electron chi connectivity index (χ3n) is 6.17. The number of ether oxygens (including phenoxy) is 2. The molecular weight excluding hydrogens is 443 g/mol. The Bertz CT molecular complexity index is 1130. The molecule has 0 unspecified atom stereocenters. The van der Waals surface area contributed by atoms with Gasteiger partial charge in [-0.1, -0.05) is 55.3 Å². The fourth-order valence-electron chi connectivity index (χ4n) is 4.51. The Balaban J connectivity index is 1.70. The number of nitrogens with one attached hydrogen (secondary N) is 1. The molecule has 1 amide bonds. The number of hydrogen-bond donors (Lipinski definition) is 1. The number of amides is 1. The van der Waals surface area contributed by atoms with E-state index in [1.54, 1.807) is 24.3 Å². The van der Waals surface area contributed by atoms with Gasteiger partial charge in [-0.15, -0.1) is 0 Å². The lowest BCUT2D eigenvalue weighted by Crippen LogP contribution is -2.27. The van der Waals surface area contributed by atoms with Crippen molar-refractivity contribution in [2.45, 2.75) is 37.8 Å². The second-order valence-electron chi connectivity index (χ2n) is 8.38. The standard InChI is InChI=1S/C27H26F3NO3/c1-33-23-13-7-8-14-24(23)34-22-16-15-20(27(28,29)30)17-21(22)31-26(32)25(19-11-5-6-12-19)18-9-3-2-4-10-18/h2-4,7-10,13-17,19,25H,5-6,11-12H2,1H3,(H,31,32)/t25-/m1/s1. The Hall–Kier alpha value is -3.48. The lowest BCUT2D eigenvalue weighted by atomic mass is 9.84. The number of alkyl halides is 3. The number of anilines is 1. The van der Waals surface area contributed by atoms with E-state index in [-0.39, 0.29) is 23.3 Å². The highest BCUT2D eigenvalue weighted by Gasteiger charge is 2.34. The van der Waals surface area contributed by atoms with Gasteiger partial charge in [-0.2, -0.15) is 13.2 Å². The maximum Gasteiger partial charge on any atom is 0.416 e. The van der Waals surface area contributed by atoms with E-state index >= 15 is 0 Å². The molecule has 4 nitrogen and oxygen atoms in total. The molecule has 0 aliphatic heterocycles. The molecule has 7 heteroatoms. The maximum absolute atomic E-state index is 13.5. The lowest BCUT2D eigenvalue weighted by Gasteiger charge is -2.24. The topological polar surface area (TPSA) is 47.6 Å². The Kier molecular flexibility index (Phi) is 7.10. The lowest BCUT2D eigenvalue weighted by molar-refractivity contribution is -0.137. The van der Waals surface area contributed by atoms with E-state index in [9.17, 15) is 18.0 Å². The summed E-state index contributed by atoms with van der Waals surface area (Å²) in [6.45, 7) is 0. The molecule has 0 bridgehead atoms. The van der Waals surface area contributed by atoms with Gasteiger partial charge in [0, 0.05) is 0 Å². The minimum Gasteiger partial charge on any atom is -0.493 e. The normalized spacial score (nSPS) is 15.1. The third kappa shape index (κ3) is 5.35. The van der Waals surface area contributed by atoms with Crippen LogP contribution in [0.4, 0.5) is 18.9 Å². The van der Waals surface area contributed by atoms with Crippen molar-refractivity contribution < 1.29 is 27.4 Å². The van der Waals surface area contributed by atoms with Crippen molar-refractivity contribution in [1.82, 2.24) is 0 Å². The molecular formula is C27H26F3NO3. The number of methoxy groups -OCH3 is 1. The van der Waals surface area contributed by atoms with Crippen LogP contribution >= 0.6 is 0 Å². The summed E-state index contributed by atoms with van der Waals surface area (Å²) in [4.78, 5) is 13.5. The van der Waals surface area contributed by atoms with Gasteiger partial charge >= 0.3 is 6.18 Å². The van der Waals surface area contributed by atoms with Crippen molar-refractivity contribution >= 4 is 11.6 Å². The van der Waals surface area contributed by atoms with Gasteiger partial charge in [-0.05, 0) is 54.7 Å². The van der Waals surface area contributed by atoms with Crippen molar-refractivity contribution in [2.75, 3.05) is 12.4 Å². The third-order valence-corrected chi connectivity index (χ3v) is 6.17. The summed E-state index contributed by atoms with van der Waals surface area (Å²) in [7, 11) is 1.48. The zero-order valence-electron chi connectivity index (χ0n) is 18.8. The van der Waals surface area contributed by atoms with Crippen LogP contribution in [0, 0.1) is 5.92 Å². The Morgan fingerprint density at radius 3 is 2.21 bits per heavy atom. The second-order valence-corrected chi connectivity index (χ2v) is 8.38. The van der Waals surface area contributed by atoms with Gasteiger partial charge in [-0.25, -0.2) is 0 Å². The average molecular weight is 470 g/mol. The van der Waals surface area contributed by atoms with Crippen LogP contribution in [0.1, 0.15) is 42.7 Å². The summed E-state index contributed by atoms with van der Waals surface area (Å²) >= 11 is 0. The predicted octanol–water partition coefficient (Wildman–Crippen LogP) is 7.42. The molecule has 1 aliphatic rings. The Labute approximate surface area is 196 Å². The number of carbonyl (C=O) groups excluding carboxylic acids is 1. The van der Waals surface area contributed by atoms with E-state index in [1.165, 1.54) is 13.2 Å². The van der Waals surface area contributed by atoms with Gasteiger partial charge in [0.1, 0.15) is 0 Å². The SMILES string of the molecule is COc1ccccc1Oc1ccc(C(F)(F)F)cc1NC(=O)[C@H](c1ccccc1)C1CCCC1. The molecule has 1 N–H and O–H groups in total. The molecule has 178 valence electrons.